The van der Waals surface area contributed by atoms with E-state index in [0.717, 1.165) is 11.3 Å². The second kappa shape index (κ2) is 9.78. The normalized spacial score (nSPS) is 10.7. The van der Waals surface area contributed by atoms with Crippen molar-refractivity contribution in [3.63, 3.8) is 0 Å². The maximum absolute atomic E-state index is 12.0. The van der Waals surface area contributed by atoms with E-state index in [-0.39, 0.29) is 17.4 Å². The van der Waals surface area contributed by atoms with Crippen LogP contribution in [0.2, 0.25) is 0 Å². The smallest absolute Gasteiger partial charge is 0.410 e. The van der Waals surface area contributed by atoms with Gasteiger partial charge in [0.05, 0.1) is 7.11 Å². The fourth-order valence-electron chi connectivity index (χ4n) is 2.48. The van der Waals surface area contributed by atoms with E-state index in [4.69, 9.17) is 9.47 Å². The summed E-state index contributed by atoms with van der Waals surface area (Å²) >= 11 is 0. The van der Waals surface area contributed by atoms with Crippen LogP contribution >= 0.6 is 0 Å². The number of rotatable bonds is 7. The van der Waals surface area contributed by atoms with E-state index in [0.29, 0.717) is 18.9 Å². The Hall–Kier alpha value is -3.54. The lowest BCUT2D eigenvalue weighted by atomic mass is 10.2. The first-order chi connectivity index (χ1) is 14.1. The minimum Gasteiger partial charge on any atom is -0.480 e. The summed E-state index contributed by atoms with van der Waals surface area (Å²) in [6.07, 6.45) is -0.413. The molecule has 0 fully saturated rings. The topological polar surface area (TPSA) is 112 Å². The van der Waals surface area contributed by atoms with Gasteiger partial charge in [-0.3, -0.25) is 0 Å². The van der Waals surface area contributed by atoms with Crippen molar-refractivity contribution in [1.82, 2.24) is 14.9 Å². The molecule has 160 valence electrons. The molecule has 0 spiro atoms. The Kier molecular flexibility index (Phi) is 7.42. The number of aryl methyl sites for hydroxylation is 1. The van der Waals surface area contributed by atoms with Gasteiger partial charge in [-0.1, -0.05) is 12.1 Å². The number of ether oxygens (including phenoxy) is 2. The molecule has 0 aliphatic heterocycles. The lowest BCUT2D eigenvalue weighted by molar-refractivity contribution is 0.0305. The van der Waals surface area contributed by atoms with Crippen LogP contribution in [-0.4, -0.2) is 53.8 Å². The average molecular weight is 412 g/mol. The minimum atomic E-state index is -0.557. The van der Waals surface area contributed by atoms with Crippen molar-refractivity contribution >= 4 is 23.5 Å². The zero-order valence-electron chi connectivity index (χ0n) is 18.2. The third kappa shape index (κ3) is 6.51. The molecular formula is C21H28N6O3. The van der Waals surface area contributed by atoms with Gasteiger partial charge >= 0.3 is 6.09 Å². The van der Waals surface area contributed by atoms with Crippen LogP contribution in [0.15, 0.2) is 24.3 Å². The van der Waals surface area contributed by atoms with Crippen LogP contribution in [0.25, 0.3) is 0 Å². The molecule has 0 aliphatic carbocycles. The van der Waals surface area contributed by atoms with E-state index in [1.54, 1.807) is 7.05 Å². The monoisotopic (exact) mass is 412 g/mol. The summed E-state index contributed by atoms with van der Waals surface area (Å²) < 4.78 is 10.6. The van der Waals surface area contributed by atoms with E-state index < -0.39 is 11.7 Å². The lowest BCUT2D eigenvalue weighted by Gasteiger charge is -2.24. The van der Waals surface area contributed by atoms with Crippen LogP contribution in [-0.2, 0) is 4.74 Å². The van der Waals surface area contributed by atoms with Crippen LogP contribution in [0.3, 0.4) is 0 Å². The van der Waals surface area contributed by atoms with Crippen molar-refractivity contribution in [2.24, 2.45) is 0 Å². The summed E-state index contributed by atoms with van der Waals surface area (Å²) in [7, 11) is 3.10. The minimum absolute atomic E-state index is 0.158. The van der Waals surface area contributed by atoms with E-state index in [2.05, 4.69) is 26.7 Å². The Morgan fingerprint density at radius 2 is 2.03 bits per heavy atom. The van der Waals surface area contributed by atoms with Gasteiger partial charge in [0.15, 0.2) is 11.4 Å². The highest BCUT2D eigenvalue weighted by Gasteiger charge is 2.20. The van der Waals surface area contributed by atoms with E-state index in [1.165, 1.54) is 12.0 Å². The van der Waals surface area contributed by atoms with Gasteiger partial charge in [0.1, 0.15) is 11.7 Å². The number of carbonyl (C=O) groups is 1. The number of benzene rings is 1. The van der Waals surface area contributed by atoms with Crippen molar-refractivity contribution in [1.29, 1.82) is 5.26 Å². The molecular weight excluding hydrogens is 384 g/mol. The fourth-order valence-corrected chi connectivity index (χ4v) is 2.48. The largest absolute Gasteiger partial charge is 0.480 e. The first-order valence-corrected chi connectivity index (χ1v) is 9.50. The predicted octanol–water partition coefficient (Wildman–Crippen LogP) is 3.69. The summed E-state index contributed by atoms with van der Waals surface area (Å²) in [5, 5.41) is 15.7. The quantitative estimate of drug-likeness (QED) is 0.708. The summed E-state index contributed by atoms with van der Waals surface area (Å²) in [6, 6.07) is 9.79. The van der Waals surface area contributed by atoms with E-state index in [1.807, 2.05) is 52.0 Å². The third-order valence-corrected chi connectivity index (χ3v) is 3.90. The lowest BCUT2D eigenvalue weighted by Crippen LogP contribution is -2.36. The number of nitrogens with one attached hydrogen (secondary N) is 2. The SMILES string of the molecule is COc1nc(NCCN(C)C(=O)OC(C)(C)C)nc(Nc2cccc(C)c2)c1C#N. The van der Waals surface area contributed by atoms with Gasteiger partial charge in [-0.05, 0) is 45.4 Å². The first-order valence-electron chi connectivity index (χ1n) is 9.50. The van der Waals surface area contributed by atoms with Crippen molar-refractivity contribution < 1.29 is 14.3 Å². The Balaban J connectivity index is 2.13. The second-order valence-corrected chi connectivity index (χ2v) is 7.72. The molecule has 0 radical (unpaired) electrons. The number of likely N-dealkylation sites (N-methyl/N-ethyl adjacent to an activating group) is 1. The number of nitriles is 1. The van der Waals surface area contributed by atoms with Gasteiger partial charge < -0.3 is 25.0 Å². The molecule has 30 heavy (non-hydrogen) atoms. The Bertz CT molecular complexity index is 933. The molecule has 9 heteroatoms. The molecule has 0 saturated carbocycles. The predicted molar refractivity (Wildman–Crippen MR) is 115 cm³/mol. The highest BCUT2D eigenvalue weighted by atomic mass is 16.6. The van der Waals surface area contributed by atoms with Crippen LogP contribution in [0.5, 0.6) is 5.88 Å². The standard InChI is InChI=1S/C21H28N6O3/c1-14-8-7-9-15(12-14)24-17-16(13-22)18(29-6)26-19(25-17)23-10-11-27(5)20(28)30-21(2,3)4/h7-9,12H,10-11H2,1-6H3,(H2,23,24,25,26). The summed E-state index contributed by atoms with van der Waals surface area (Å²) in [5.41, 5.74) is 1.51. The van der Waals surface area contributed by atoms with Crippen molar-refractivity contribution in [2.75, 3.05) is 37.9 Å². The maximum Gasteiger partial charge on any atom is 0.410 e. The number of amides is 1. The summed E-state index contributed by atoms with van der Waals surface area (Å²) in [5.74, 6) is 0.766. The Morgan fingerprint density at radius 1 is 1.30 bits per heavy atom. The fraction of sp³-hybridized carbons (Fsp3) is 0.429. The molecule has 1 amide bonds. The van der Waals surface area contributed by atoms with Crippen molar-refractivity contribution in [2.45, 2.75) is 33.3 Å². The molecule has 0 unspecified atom stereocenters. The number of hydrogen-bond donors (Lipinski definition) is 2. The first kappa shape index (κ1) is 22.7. The molecule has 1 heterocycles. The highest BCUT2D eigenvalue weighted by Crippen LogP contribution is 2.27. The van der Waals surface area contributed by atoms with E-state index in [9.17, 15) is 10.1 Å². The number of aromatic nitrogens is 2. The second-order valence-electron chi connectivity index (χ2n) is 7.72. The summed E-state index contributed by atoms with van der Waals surface area (Å²) in [4.78, 5) is 22.2. The van der Waals surface area contributed by atoms with Crippen LogP contribution in [0.4, 0.5) is 22.2 Å². The zero-order valence-corrected chi connectivity index (χ0v) is 18.2. The molecule has 2 aromatic rings. The number of nitrogens with zero attached hydrogens (tertiary/aromatic N) is 4. The molecule has 1 aromatic heterocycles. The molecule has 2 rings (SSSR count). The number of methoxy groups -OCH3 is 1. The van der Waals surface area contributed by atoms with Gasteiger partial charge in [0.25, 0.3) is 0 Å². The Morgan fingerprint density at radius 3 is 2.63 bits per heavy atom. The molecule has 2 N–H and O–H groups in total. The molecule has 0 atom stereocenters. The summed E-state index contributed by atoms with van der Waals surface area (Å²) in [6.45, 7) is 8.19. The molecule has 0 aliphatic rings. The highest BCUT2D eigenvalue weighted by molar-refractivity contribution is 5.68. The van der Waals surface area contributed by atoms with Crippen LogP contribution in [0, 0.1) is 18.3 Å². The van der Waals surface area contributed by atoms with Crippen LogP contribution in [0.1, 0.15) is 31.9 Å². The molecule has 0 saturated heterocycles. The van der Waals surface area contributed by atoms with Gasteiger partial charge in [-0.2, -0.15) is 15.2 Å². The Labute approximate surface area is 177 Å². The third-order valence-electron chi connectivity index (χ3n) is 3.90. The van der Waals surface area contributed by atoms with Crippen molar-refractivity contribution in [3.8, 4) is 11.9 Å². The molecule has 0 bridgehead atoms. The number of hydrogen-bond acceptors (Lipinski definition) is 8. The van der Waals surface area contributed by atoms with Gasteiger partial charge in [-0.15, -0.1) is 0 Å². The van der Waals surface area contributed by atoms with E-state index >= 15 is 0 Å². The van der Waals surface area contributed by atoms with Gasteiger partial charge in [0, 0.05) is 25.8 Å². The number of anilines is 3. The van der Waals surface area contributed by atoms with Gasteiger partial charge in [-0.25, -0.2) is 4.79 Å². The maximum atomic E-state index is 12.0. The molecule has 1 aromatic carbocycles. The molecule has 9 nitrogen and oxygen atoms in total. The van der Waals surface area contributed by atoms with Crippen LogP contribution < -0.4 is 15.4 Å². The zero-order chi connectivity index (χ0) is 22.3. The van der Waals surface area contributed by atoms with Crippen molar-refractivity contribution in [3.05, 3.63) is 35.4 Å². The number of carbonyl (C=O) groups excluding carboxylic acids is 1. The average Bonchev–Trinajstić information content (AvgIpc) is 2.66. The van der Waals surface area contributed by atoms with Gasteiger partial charge in [0.2, 0.25) is 11.8 Å².